The molecule has 21 heavy (non-hydrogen) atoms. The Morgan fingerprint density at radius 3 is 2.57 bits per heavy atom. The molecule has 3 amide bonds. The number of imide groups is 1. The summed E-state index contributed by atoms with van der Waals surface area (Å²) in [6.07, 6.45) is 1.69. The van der Waals surface area contributed by atoms with Gasteiger partial charge in [0.2, 0.25) is 0 Å². The summed E-state index contributed by atoms with van der Waals surface area (Å²) in [5, 5.41) is 2.63. The number of nitrogens with one attached hydrogen (secondary N) is 1. The first-order valence-corrected chi connectivity index (χ1v) is 6.94. The van der Waals surface area contributed by atoms with E-state index in [1.54, 1.807) is 6.08 Å². The van der Waals surface area contributed by atoms with E-state index in [9.17, 15) is 9.59 Å². The highest BCUT2D eigenvalue weighted by Gasteiger charge is 2.34. The Bertz CT molecular complexity index is 565. The summed E-state index contributed by atoms with van der Waals surface area (Å²) in [6.45, 7) is 3.04. The third kappa shape index (κ3) is 3.12. The molecule has 2 aliphatic heterocycles. The molecule has 3 rings (SSSR count). The zero-order valence-electron chi connectivity index (χ0n) is 11.6. The van der Waals surface area contributed by atoms with Crippen molar-refractivity contribution in [3.8, 4) is 0 Å². The van der Waals surface area contributed by atoms with E-state index in [4.69, 9.17) is 4.74 Å². The van der Waals surface area contributed by atoms with Crippen LogP contribution in [0.4, 0.5) is 4.79 Å². The molecule has 110 valence electrons. The Balaban J connectivity index is 1.71. The number of ether oxygens (including phenoxy) is 1. The van der Waals surface area contributed by atoms with E-state index in [0.717, 1.165) is 18.7 Å². The van der Waals surface area contributed by atoms with Crippen LogP contribution in [0.1, 0.15) is 5.56 Å². The van der Waals surface area contributed by atoms with Crippen LogP contribution in [-0.2, 0) is 9.53 Å². The van der Waals surface area contributed by atoms with Crippen LogP contribution in [0, 0.1) is 0 Å². The number of urea groups is 1. The molecule has 0 saturated carbocycles. The van der Waals surface area contributed by atoms with Crippen molar-refractivity contribution in [3.63, 3.8) is 0 Å². The molecule has 2 aliphatic rings. The summed E-state index contributed by atoms with van der Waals surface area (Å²) >= 11 is 0. The van der Waals surface area contributed by atoms with Gasteiger partial charge in [-0.3, -0.25) is 9.69 Å². The summed E-state index contributed by atoms with van der Waals surface area (Å²) in [4.78, 5) is 27.5. The Morgan fingerprint density at radius 1 is 1.14 bits per heavy atom. The minimum absolute atomic E-state index is 0.282. The smallest absolute Gasteiger partial charge is 0.330 e. The number of hydrogen-bond donors (Lipinski definition) is 1. The standard InChI is InChI=1S/C15H17N3O3/c19-14-13(10-12-4-2-1-3-5-12)16-15(20)18(14)11-17-6-8-21-9-7-17/h1-5,10H,6-9,11H2,(H,16,20). The number of nitrogens with zero attached hydrogens (tertiary/aromatic N) is 2. The van der Waals surface area contributed by atoms with Gasteiger partial charge in [-0.2, -0.15) is 0 Å². The molecule has 0 bridgehead atoms. The lowest BCUT2D eigenvalue weighted by Crippen LogP contribution is -2.46. The fraction of sp³-hybridized carbons (Fsp3) is 0.333. The van der Waals surface area contributed by atoms with Gasteiger partial charge in [0, 0.05) is 13.1 Å². The molecule has 0 unspecified atom stereocenters. The molecule has 2 fully saturated rings. The van der Waals surface area contributed by atoms with Crippen molar-refractivity contribution in [2.75, 3.05) is 33.0 Å². The molecule has 0 atom stereocenters. The summed E-state index contributed by atoms with van der Waals surface area (Å²) in [7, 11) is 0. The monoisotopic (exact) mass is 287 g/mol. The van der Waals surface area contributed by atoms with Gasteiger partial charge in [0.1, 0.15) is 5.70 Å². The highest BCUT2D eigenvalue weighted by molar-refractivity contribution is 6.13. The Labute approximate surface area is 123 Å². The number of carbonyl (C=O) groups is 2. The SMILES string of the molecule is O=C1NC(=Cc2ccccc2)C(=O)N1CN1CCOCC1. The number of benzene rings is 1. The molecule has 1 N–H and O–H groups in total. The van der Waals surface area contributed by atoms with E-state index in [1.165, 1.54) is 4.90 Å². The van der Waals surface area contributed by atoms with Crippen molar-refractivity contribution in [1.29, 1.82) is 0 Å². The van der Waals surface area contributed by atoms with E-state index in [1.807, 2.05) is 35.2 Å². The molecule has 0 aromatic heterocycles. The van der Waals surface area contributed by atoms with Gasteiger partial charge in [0.05, 0.1) is 19.9 Å². The largest absolute Gasteiger partial charge is 0.379 e. The predicted octanol–water partition coefficient (Wildman–Crippen LogP) is 0.869. The number of hydrogen-bond acceptors (Lipinski definition) is 4. The number of morpholine rings is 1. The lowest BCUT2D eigenvalue weighted by molar-refractivity contribution is -0.125. The minimum atomic E-state index is -0.367. The third-order valence-corrected chi connectivity index (χ3v) is 3.52. The van der Waals surface area contributed by atoms with Gasteiger partial charge in [-0.05, 0) is 11.6 Å². The van der Waals surface area contributed by atoms with Gasteiger partial charge in [0.15, 0.2) is 0 Å². The van der Waals surface area contributed by atoms with Crippen LogP contribution in [0.15, 0.2) is 36.0 Å². The van der Waals surface area contributed by atoms with Gasteiger partial charge in [0.25, 0.3) is 5.91 Å². The van der Waals surface area contributed by atoms with Crippen LogP contribution in [-0.4, -0.2) is 54.7 Å². The van der Waals surface area contributed by atoms with Crippen LogP contribution >= 0.6 is 0 Å². The van der Waals surface area contributed by atoms with Crippen LogP contribution in [0.3, 0.4) is 0 Å². The lowest BCUT2D eigenvalue weighted by Gasteiger charge is -2.29. The molecule has 0 spiro atoms. The van der Waals surface area contributed by atoms with Crippen molar-refractivity contribution >= 4 is 18.0 Å². The van der Waals surface area contributed by atoms with Crippen LogP contribution in [0.25, 0.3) is 6.08 Å². The topological polar surface area (TPSA) is 61.9 Å². The maximum Gasteiger partial charge on any atom is 0.330 e. The number of carbonyl (C=O) groups excluding carboxylic acids is 2. The molecule has 0 aliphatic carbocycles. The first-order chi connectivity index (χ1) is 10.2. The van der Waals surface area contributed by atoms with Gasteiger partial charge < -0.3 is 10.1 Å². The Hall–Kier alpha value is -2.18. The zero-order valence-corrected chi connectivity index (χ0v) is 11.6. The van der Waals surface area contributed by atoms with E-state index in [2.05, 4.69) is 5.32 Å². The zero-order chi connectivity index (χ0) is 14.7. The van der Waals surface area contributed by atoms with Crippen LogP contribution in [0.5, 0.6) is 0 Å². The molecule has 6 heteroatoms. The minimum Gasteiger partial charge on any atom is -0.379 e. The summed E-state index contributed by atoms with van der Waals surface area (Å²) in [6, 6.07) is 9.09. The molecule has 1 aromatic rings. The normalized spacial score (nSPS) is 21.9. The molecular formula is C15H17N3O3. The second-order valence-corrected chi connectivity index (χ2v) is 5.00. The van der Waals surface area contributed by atoms with E-state index < -0.39 is 0 Å². The van der Waals surface area contributed by atoms with E-state index in [-0.39, 0.29) is 11.9 Å². The summed E-state index contributed by atoms with van der Waals surface area (Å²) in [5.41, 5.74) is 1.20. The fourth-order valence-corrected chi connectivity index (χ4v) is 2.36. The highest BCUT2D eigenvalue weighted by atomic mass is 16.5. The third-order valence-electron chi connectivity index (χ3n) is 3.52. The van der Waals surface area contributed by atoms with Crippen molar-refractivity contribution in [2.45, 2.75) is 0 Å². The molecule has 2 saturated heterocycles. The Morgan fingerprint density at radius 2 is 1.86 bits per heavy atom. The van der Waals surface area contributed by atoms with Gasteiger partial charge in [-0.25, -0.2) is 9.69 Å². The second-order valence-electron chi connectivity index (χ2n) is 5.00. The maximum atomic E-state index is 12.3. The van der Waals surface area contributed by atoms with Crippen molar-refractivity contribution in [1.82, 2.24) is 15.1 Å². The van der Waals surface area contributed by atoms with Gasteiger partial charge >= 0.3 is 6.03 Å². The molecular weight excluding hydrogens is 270 g/mol. The number of rotatable bonds is 3. The lowest BCUT2D eigenvalue weighted by atomic mass is 10.2. The summed E-state index contributed by atoms with van der Waals surface area (Å²) in [5.74, 6) is -0.282. The van der Waals surface area contributed by atoms with E-state index >= 15 is 0 Å². The second kappa shape index (κ2) is 6.07. The molecule has 6 nitrogen and oxygen atoms in total. The van der Waals surface area contributed by atoms with Crippen LogP contribution < -0.4 is 5.32 Å². The maximum absolute atomic E-state index is 12.3. The molecule has 1 aromatic carbocycles. The molecule has 2 heterocycles. The number of amides is 3. The first-order valence-electron chi connectivity index (χ1n) is 6.94. The van der Waals surface area contributed by atoms with Crippen LogP contribution in [0.2, 0.25) is 0 Å². The highest BCUT2D eigenvalue weighted by Crippen LogP contribution is 2.14. The van der Waals surface area contributed by atoms with Crippen molar-refractivity contribution in [2.24, 2.45) is 0 Å². The van der Waals surface area contributed by atoms with Crippen molar-refractivity contribution < 1.29 is 14.3 Å². The summed E-state index contributed by atoms with van der Waals surface area (Å²) < 4.78 is 5.26. The predicted molar refractivity (Wildman–Crippen MR) is 77.1 cm³/mol. The van der Waals surface area contributed by atoms with Gasteiger partial charge in [-0.15, -0.1) is 0 Å². The van der Waals surface area contributed by atoms with E-state index in [0.29, 0.717) is 25.6 Å². The van der Waals surface area contributed by atoms with Crippen molar-refractivity contribution in [3.05, 3.63) is 41.6 Å². The van der Waals surface area contributed by atoms with Gasteiger partial charge in [-0.1, -0.05) is 30.3 Å². The molecule has 0 radical (unpaired) electrons. The first kappa shape index (κ1) is 13.8. The fourth-order valence-electron chi connectivity index (χ4n) is 2.36. The average Bonchev–Trinajstić information content (AvgIpc) is 2.77. The Kier molecular flexibility index (Phi) is 3.98. The average molecular weight is 287 g/mol. The quantitative estimate of drug-likeness (QED) is 0.662.